The summed E-state index contributed by atoms with van der Waals surface area (Å²) in [5.41, 5.74) is 2.01. The summed E-state index contributed by atoms with van der Waals surface area (Å²) in [4.78, 5) is 4.66. The summed E-state index contributed by atoms with van der Waals surface area (Å²) in [5.74, 6) is 2.70. The summed E-state index contributed by atoms with van der Waals surface area (Å²) in [6.45, 7) is 3.95. The predicted octanol–water partition coefficient (Wildman–Crippen LogP) is 3.66. The van der Waals surface area contributed by atoms with Crippen molar-refractivity contribution in [3.05, 3.63) is 52.5 Å². The summed E-state index contributed by atoms with van der Waals surface area (Å²) in [6.07, 6.45) is 0.809. The molecule has 2 rings (SSSR count). The average Bonchev–Trinajstić information content (AvgIpc) is 2.72. The van der Waals surface area contributed by atoms with Crippen molar-refractivity contribution in [2.45, 2.75) is 19.9 Å². The van der Waals surface area contributed by atoms with E-state index < -0.39 is 0 Å². The van der Waals surface area contributed by atoms with Gasteiger partial charge in [0.05, 0.1) is 27.9 Å². The van der Waals surface area contributed by atoms with E-state index in [1.165, 1.54) is 0 Å². The quantitative estimate of drug-likeness (QED) is 0.492. The van der Waals surface area contributed by atoms with Crippen molar-refractivity contribution in [2.75, 3.05) is 34.4 Å². The molecule has 0 fully saturated rings. The Morgan fingerprint density at radius 2 is 1.61 bits per heavy atom. The van der Waals surface area contributed by atoms with E-state index in [9.17, 15) is 0 Å². The van der Waals surface area contributed by atoms with Crippen molar-refractivity contribution < 1.29 is 14.2 Å². The molecular formula is C21H28ClN3O3. The maximum Gasteiger partial charge on any atom is 0.191 e. The molecule has 0 bridgehead atoms. The number of halogens is 1. The van der Waals surface area contributed by atoms with Crippen molar-refractivity contribution >= 4 is 17.6 Å². The average molecular weight is 406 g/mol. The predicted molar refractivity (Wildman–Crippen MR) is 114 cm³/mol. The molecule has 0 saturated heterocycles. The minimum absolute atomic E-state index is 0.435. The number of hydrogen-bond donors (Lipinski definition) is 2. The van der Waals surface area contributed by atoms with Gasteiger partial charge < -0.3 is 24.8 Å². The molecule has 0 heterocycles. The first-order valence-electron chi connectivity index (χ1n) is 9.17. The molecule has 0 amide bonds. The van der Waals surface area contributed by atoms with Gasteiger partial charge in [0.15, 0.2) is 17.5 Å². The van der Waals surface area contributed by atoms with Crippen LogP contribution in [0.25, 0.3) is 0 Å². The first-order valence-corrected chi connectivity index (χ1v) is 9.55. The molecule has 0 saturated carbocycles. The molecule has 0 radical (unpaired) electrons. The molecule has 0 aliphatic heterocycles. The second-order valence-electron chi connectivity index (χ2n) is 5.98. The lowest BCUT2D eigenvalue weighted by molar-refractivity contribution is 0.347. The Labute approximate surface area is 171 Å². The third-order valence-electron chi connectivity index (χ3n) is 4.18. The molecule has 0 aliphatic carbocycles. The van der Waals surface area contributed by atoms with Crippen molar-refractivity contribution in [1.82, 2.24) is 10.6 Å². The SMILES string of the molecule is CCNC(=NCc1cc(OC)c(OC)cc1OC)NCCc1ccccc1Cl. The van der Waals surface area contributed by atoms with E-state index in [0.717, 1.165) is 41.6 Å². The van der Waals surface area contributed by atoms with E-state index in [1.807, 2.05) is 37.3 Å². The van der Waals surface area contributed by atoms with Crippen LogP contribution in [0.3, 0.4) is 0 Å². The van der Waals surface area contributed by atoms with Crippen LogP contribution in [0.4, 0.5) is 0 Å². The van der Waals surface area contributed by atoms with Crippen LogP contribution in [0.2, 0.25) is 5.02 Å². The van der Waals surface area contributed by atoms with Crippen molar-refractivity contribution in [3.8, 4) is 17.2 Å². The van der Waals surface area contributed by atoms with Crippen LogP contribution in [-0.2, 0) is 13.0 Å². The monoisotopic (exact) mass is 405 g/mol. The van der Waals surface area contributed by atoms with Crippen molar-refractivity contribution in [3.63, 3.8) is 0 Å². The van der Waals surface area contributed by atoms with Gasteiger partial charge in [0.25, 0.3) is 0 Å². The number of nitrogens with zero attached hydrogens (tertiary/aromatic N) is 1. The van der Waals surface area contributed by atoms with Gasteiger partial charge in [-0.1, -0.05) is 29.8 Å². The van der Waals surface area contributed by atoms with E-state index >= 15 is 0 Å². The Morgan fingerprint density at radius 3 is 2.25 bits per heavy atom. The lowest BCUT2D eigenvalue weighted by Gasteiger charge is -2.15. The second-order valence-corrected chi connectivity index (χ2v) is 6.39. The van der Waals surface area contributed by atoms with Crippen LogP contribution >= 0.6 is 11.6 Å². The lowest BCUT2D eigenvalue weighted by atomic mass is 10.1. The number of ether oxygens (including phenoxy) is 3. The highest BCUT2D eigenvalue weighted by atomic mass is 35.5. The standard InChI is InChI=1S/C21H28ClN3O3/c1-5-23-21(24-11-10-15-8-6-7-9-17(15)22)25-14-16-12-19(27-3)20(28-4)13-18(16)26-2/h6-9,12-13H,5,10-11,14H2,1-4H3,(H2,23,24,25). The highest BCUT2D eigenvalue weighted by molar-refractivity contribution is 6.31. The van der Waals surface area contributed by atoms with Gasteiger partial charge in [-0.05, 0) is 31.0 Å². The first-order chi connectivity index (χ1) is 13.6. The Hall–Kier alpha value is -2.60. The van der Waals surface area contributed by atoms with Crippen LogP contribution in [0, 0.1) is 0 Å². The van der Waals surface area contributed by atoms with E-state index in [2.05, 4.69) is 15.6 Å². The molecule has 2 aromatic carbocycles. The van der Waals surface area contributed by atoms with Crippen LogP contribution in [-0.4, -0.2) is 40.4 Å². The van der Waals surface area contributed by atoms with Gasteiger partial charge >= 0.3 is 0 Å². The fraction of sp³-hybridized carbons (Fsp3) is 0.381. The van der Waals surface area contributed by atoms with Crippen LogP contribution in [0.15, 0.2) is 41.4 Å². The molecule has 2 aromatic rings. The van der Waals surface area contributed by atoms with Gasteiger partial charge in [0.2, 0.25) is 0 Å². The smallest absolute Gasteiger partial charge is 0.191 e. The summed E-state index contributed by atoms with van der Waals surface area (Å²) >= 11 is 6.22. The largest absolute Gasteiger partial charge is 0.496 e. The zero-order valence-electron chi connectivity index (χ0n) is 16.8. The molecule has 28 heavy (non-hydrogen) atoms. The van der Waals surface area contributed by atoms with Crippen LogP contribution in [0.1, 0.15) is 18.1 Å². The minimum atomic E-state index is 0.435. The Balaban J connectivity index is 2.08. The molecule has 2 N–H and O–H groups in total. The fourth-order valence-corrected chi connectivity index (χ4v) is 2.97. The second kappa shape index (κ2) is 11.3. The van der Waals surface area contributed by atoms with Gasteiger partial charge in [-0.25, -0.2) is 4.99 Å². The molecular weight excluding hydrogens is 378 g/mol. The first kappa shape index (κ1) is 21.7. The molecule has 0 unspecified atom stereocenters. The Bertz CT molecular complexity index is 796. The van der Waals surface area contributed by atoms with Crippen LogP contribution in [0.5, 0.6) is 17.2 Å². The summed E-state index contributed by atoms with van der Waals surface area (Å²) in [7, 11) is 4.83. The lowest BCUT2D eigenvalue weighted by Crippen LogP contribution is -2.38. The highest BCUT2D eigenvalue weighted by Gasteiger charge is 2.12. The molecule has 6 nitrogen and oxygen atoms in total. The Morgan fingerprint density at radius 1 is 0.929 bits per heavy atom. The third-order valence-corrected chi connectivity index (χ3v) is 4.55. The molecule has 7 heteroatoms. The number of guanidine groups is 1. The number of nitrogens with one attached hydrogen (secondary N) is 2. The summed E-state index contributed by atoms with van der Waals surface area (Å²) < 4.78 is 16.2. The third kappa shape index (κ3) is 5.96. The zero-order valence-corrected chi connectivity index (χ0v) is 17.6. The Kier molecular flexibility index (Phi) is 8.75. The van der Waals surface area contributed by atoms with Gasteiger partial charge in [-0.15, -0.1) is 0 Å². The van der Waals surface area contributed by atoms with E-state index in [4.69, 9.17) is 25.8 Å². The fourth-order valence-electron chi connectivity index (χ4n) is 2.74. The van der Waals surface area contributed by atoms with Crippen LogP contribution < -0.4 is 24.8 Å². The van der Waals surface area contributed by atoms with Crippen molar-refractivity contribution in [1.29, 1.82) is 0 Å². The topological polar surface area (TPSA) is 64.1 Å². The summed E-state index contributed by atoms with van der Waals surface area (Å²) in [6, 6.07) is 11.5. The van der Waals surface area contributed by atoms with Crippen molar-refractivity contribution in [2.24, 2.45) is 4.99 Å². The molecule has 0 spiro atoms. The molecule has 0 aromatic heterocycles. The number of benzene rings is 2. The van der Waals surface area contributed by atoms with Gasteiger partial charge in [0, 0.05) is 29.7 Å². The minimum Gasteiger partial charge on any atom is -0.496 e. The molecule has 0 atom stereocenters. The maximum atomic E-state index is 6.22. The van der Waals surface area contributed by atoms with E-state index in [1.54, 1.807) is 27.4 Å². The van der Waals surface area contributed by atoms with E-state index in [0.29, 0.717) is 23.8 Å². The van der Waals surface area contributed by atoms with E-state index in [-0.39, 0.29) is 0 Å². The molecule has 152 valence electrons. The number of rotatable bonds is 9. The number of aliphatic imine (C=N–C) groups is 1. The van der Waals surface area contributed by atoms with Gasteiger partial charge in [0.1, 0.15) is 5.75 Å². The number of methoxy groups -OCH3 is 3. The normalized spacial score (nSPS) is 11.1. The maximum absolute atomic E-state index is 6.22. The molecule has 0 aliphatic rings. The summed E-state index contributed by atoms with van der Waals surface area (Å²) in [5, 5.41) is 7.37. The van der Waals surface area contributed by atoms with Gasteiger partial charge in [-0.3, -0.25) is 0 Å². The zero-order chi connectivity index (χ0) is 20.4. The highest BCUT2D eigenvalue weighted by Crippen LogP contribution is 2.34. The number of hydrogen-bond acceptors (Lipinski definition) is 4. The van der Waals surface area contributed by atoms with Gasteiger partial charge in [-0.2, -0.15) is 0 Å².